The van der Waals surface area contributed by atoms with Crippen molar-refractivity contribution in [2.24, 2.45) is 0 Å². The maximum absolute atomic E-state index is 12.6. The van der Waals surface area contributed by atoms with Gasteiger partial charge in [0.15, 0.2) is 5.58 Å². The maximum Gasteiger partial charge on any atom is 0.285 e. The third kappa shape index (κ3) is 3.39. The largest absolute Gasteiger partial charge is 0.497 e. The average Bonchev–Trinajstić information content (AvgIpc) is 2.72. The van der Waals surface area contributed by atoms with Crippen LogP contribution in [0.25, 0.3) is 22.4 Å². The van der Waals surface area contributed by atoms with Crippen LogP contribution < -0.4 is 10.3 Å². The predicted molar refractivity (Wildman–Crippen MR) is 100 cm³/mol. The van der Waals surface area contributed by atoms with Crippen LogP contribution >= 0.6 is 0 Å². The number of hydrogen-bond donors (Lipinski definition) is 0. The SMILES string of the molecule is COc1ccc(-c2nc(=O)c3c(C#Cc4cccnc4)cncc3o2)cc1. The number of benzene rings is 1. The maximum atomic E-state index is 12.6. The lowest BCUT2D eigenvalue weighted by molar-refractivity contribution is 0.415. The molecule has 0 aliphatic rings. The summed E-state index contributed by atoms with van der Waals surface area (Å²) in [4.78, 5) is 24.8. The zero-order valence-electron chi connectivity index (χ0n) is 14.3. The Labute approximate surface area is 154 Å². The molecule has 0 fully saturated rings. The van der Waals surface area contributed by atoms with E-state index in [1.807, 2.05) is 6.07 Å². The molecule has 0 atom stereocenters. The van der Waals surface area contributed by atoms with E-state index in [0.717, 1.165) is 5.56 Å². The van der Waals surface area contributed by atoms with Gasteiger partial charge in [0.05, 0.1) is 18.9 Å². The highest BCUT2D eigenvalue weighted by Gasteiger charge is 2.12. The van der Waals surface area contributed by atoms with Crippen molar-refractivity contribution in [3.05, 3.63) is 82.7 Å². The molecule has 4 rings (SSSR count). The van der Waals surface area contributed by atoms with Crippen molar-refractivity contribution in [2.45, 2.75) is 0 Å². The van der Waals surface area contributed by atoms with E-state index in [1.165, 1.54) is 12.4 Å². The van der Waals surface area contributed by atoms with Crippen LogP contribution in [0.15, 0.2) is 70.4 Å². The minimum atomic E-state index is -0.417. The molecule has 0 bridgehead atoms. The Hall–Kier alpha value is -3.98. The third-order valence-electron chi connectivity index (χ3n) is 3.87. The quantitative estimate of drug-likeness (QED) is 0.514. The van der Waals surface area contributed by atoms with Crippen molar-refractivity contribution in [3.8, 4) is 29.0 Å². The molecule has 1 aromatic carbocycles. The van der Waals surface area contributed by atoms with E-state index in [2.05, 4.69) is 26.8 Å². The number of aromatic nitrogens is 3. The summed E-state index contributed by atoms with van der Waals surface area (Å²) in [6, 6.07) is 10.7. The first-order valence-electron chi connectivity index (χ1n) is 8.10. The van der Waals surface area contributed by atoms with Crippen LogP contribution in [0.2, 0.25) is 0 Å². The molecule has 0 N–H and O–H groups in total. The molecule has 0 aliphatic carbocycles. The number of ether oxygens (including phenoxy) is 1. The minimum absolute atomic E-state index is 0.217. The van der Waals surface area contributed by atoms with E-state index in [1.54, 1.807) is 49.8 Å². The molecule has 0 amide bonds. The van der Waals surface area contributed by atoms with Gasteiger partial charge in [0.2, 0.25) is 5.89 Å². The Morgan fingerprint density at radius 1 is 1.00 bits per heavy atom. The predicted octanol–water partition coefficient (Wildman–Crippen LogP) is 3.05. The second-order valence-electron chi connectivity index (χ2n) is 5.60. The standard InChI is InChI=1S/C21H13N3O3/c1-26-17-8-6-15(7-9-17)21-24-20(25)19-16(12-23-13-18(19)27-21)5-4-14-3-2-10-22-11-14/h2-3,6-13H,1H3. The molecule has 0 radical (unpaired) electrons. The number of pyridine rings is 2. The van der Waals surface area contributed by atoms with Gasteiger partial charge in [0, 0.05) is 29.7 Å². The second kappa shape index (κ2) is 7.10. The van der Waals surface area contributed by atoms with E-state index < -0.39 is 5.56 Å². The van der Waals surface area contributed by atoms with Crippen LogP contribution in [-0.4, -0.2) is 22.1 Å². The van der Waals surface area contributed by atoms with E-state index >= 15 is 0 Å². The molecule has 27 heavy (non-hydrogen) atoms. The summed E-state index contributed by atoms with van der Waals surface area (Å²) in [6.45, 7) is 0. The van der Waals surface area contributed by atoms with E-state index in [4.69, 9.17) is 9.15 Å². The molecular weight excluding hydrogens is 342 g/mol. The minimum Gasteiger partial charge on any atom is -0.497 e. The van der Waals surface area contributed by atoms with E-state index in [0.29, 0.717) is 27.8 Å². The molecule has 6 heteroatoms. The molecule has 6 nitrogen and oxygen atoms in total. The van der Waals surface area contributed by atoms with Gasteiger partial charge in [-0.2, -0.15) is 4.98 Å². The molecule has 130 valence electrons. The molecular formula is C21H13N3O3. The third-order valence-corrected chi connectivity index (χ3v) is 3.87. The van der Waals surface area contributed by atoms with Crippen LogP contribution in [-0.2, 0) is 0 Å². The lowest BCUT2D eigenvalue weighted by atomic mass is 10.1. The van der Waals surface area contributed by atoms with Crippen molar-refractivity contribution in [2.75, 3.05) is 7.11 Å². The van der Waals surface area contributed by atoms with Crippen molar-refractivity contribution in [1.29, 1.82) is 0 Å². The number of rotatable bonds is 2. The summed E-state index contributed by atoms with van der Waals surface area (Å²) in [5.74, 6) is 6.84. The molecule has 0 spiro atoms. The van der Waals surface area contributed by atoms with Crippen molar-refractivity contribution >= 4 is 11.0 Å². The summed E-state index contributed by atoms with van der Waals surface area (Å²) in [6.07, 6.45) is 6.33. The van der Waals surface area contributed by atoms with Gasteiger partial charge in [-0.3, -0.25) is 14.8 Å². The zero-order valence-corrected chi connectivity index (χ0v) is 14.3. The smallest absolute Gasteiger partial charge is 0.285 e. The molecule has 0 saturated carbocycles. The van der Waals surface area contributed by atoms with Gasteiger partial charge >= 0.3 is 0 Å². The van der Waals surface area contributed by atoms with Gasteiger partial charge in [-0.25, -0.2) is 0 Å². The number of hydrogen-bond acceptors (Lipinski definition) is 6. The van der Waals surface area contributed by atoms with Gasteiger partial charge in [0.25, 0.3) is 5.56 Å². The lowest BCUT2D eigenvalue weighted by Crippen LogP contribution is -2.09. The van der Waals surface area contributed by atoms with Crippen molar-refractivity contribution < 1.29 is 9.15 Å². The Morgan fingerprint density at radius 3 is 2.59 bits per heavy atom. The molecule has 4 aromatic rings. The molecule has 0 aliphatic heterocycles. The average molecular weight is 355 g/mol. The summed E-state index contributed by atoms with van der Waals surface area (Å²) < 4.78 is 10.9. The van der Waals surface area contributed by atoms with Crippen LogP contribution in [0, 0.1) is 11.8 Å². The van der Waals surface area contributed by atoms with Gasteiger partial charge in [-0.15, -0.1) is 0 Å². The Morgan fingerprint density at radius 2 is 1.85 bits per heavy atom. The first-order valence-corrected chi connectivity index (χ1v) is 8.10. The van der Waals surface area contributed by atoms with Crippen molar-refractivity contribution in [1.82, 2.24) is 15.0 Å². The number of fused-ring (bicyclic) bond motifs is 1. The zero-order chi connectivity index (χ0) is 18.6. The van der Waals surface area contributed by atoms with Gasteiger partial charge in [-0.05, 0) is 36.4 Å². The monoisotopic (exact) mass is 355 g/mol. The van der Waals surface area contributed by atoms with E-state index in [9.17, 15) is 4.79 Å². The van der Waals surface area contributed by atoms with E-state index in [-0.39, 0.29) is 5.89 Å². The Bertz CT molecular complexity index is 1220. The molecule has 0 unspecified atom stereocenters. The summed E-state index contributed by atoms with van der Waals surface area (Å²) in [5, 5.41) is 0.304. The Balaban J connectivity index is 1.81. The first-order chi connectivity index (χ1) is 13.2. The normalized spacial score (nSPS) is 10.3. The molecule has 3 aromatic heterocycles. The topological polar surface area (TPSA) is 78.1 Å². The number of methoxy groups -OCH3 is 1. The van der Waals surface area contributed by atoms with Crippen LogP contribution in [0.3, 0.4) is 0 Å². The summed E-state index contributed by atoms with van der Waals surface area (Å²) in [5.41, 5.74) is 1.78. The highest BCUT2D eigenvalue weighted by molar-refractivity contribution is 5.82. The van der Waals surface area contributed by atoms with Gasteiger partial charge < -0.3 is 9.15 Å². The fraction of sp³-hybridized carbons (Fsp3) is 0.0476. The summed E-state index contributed by atoms with van der Waals surface area (Å²) in [7, 11) is 1.59. The van der Waals surface area contributed by atoms with Gasteiger partial charge in [0.1, 0.15) is 11.1 Å². The number of nitrogens with zero attached hydrogens (tertiary/aromatic N) is 3. The second-order valence-corrected chi connectivity index (χ2v) is 5.60. The fourth-order valence-corrected chi connectivity index (χ4v) is 2.54. The highest BCUT2D eigenvalue weighted by atomic mass is 16.5. The summed E-state index contributed by atoms with van der Waals surface area (Å²) >= 11 is 0. The van der Waals surface area contributed by atoms with Crippen molar-refractivity contribution in [3.63, 3.8) is 0 Å². The van der Waals surface area contributed by atoms with Crippen LogP contribution in [0.1, 0.15) is 11.1 Å². The molecule has 0 saturated heterocycles. The fourth-order valence-electron chi connectivity index (χ4n) is 2.54. The molecule has 3 heterocycles. The first kappa shape index (κ1) is 16.5. The lowest BCUT2D eigenvalue weighted by Gasteiger charge is -2.04. The highest BCUT2D eigenvalue weighted by Crippen LogP contribution is 2.23. The Kier molecular flexibility index (Phi) is 4.33. The van der Waals surface area contributed by atoms with Gasteiger partial charge in [-0.1, -0.05) is 11.8 Å². The van der Waals surface area contributed by atoms with Crippen LogP contribution in [0.5, 0.6) is 5.75 Å². The van der Waals surface area contributed by atoms with Crippen LogP contribution in [0.4, 0.5) is 0 Å².